The van der Waals surface area contributed by atoms with Crippen LogP contribution in [-0.2, 0) is 6.42 Å². The summed E-state index contributed by atoms with van der Waals surface area (Å²) in [6, 6.07) is 3.91. The topological polar surface area (TPSA) is 45.5 Å². The summed E-state index contributed by atoms with van der Waals surface area (Å²) in [5.74, 6) is 0.147. The quantitative estimate of drug-likeness (QED) is 0.859. The first-order valence-electron chi connectivity index (χ1n) is 6.76. The molecule has 0 saturated carbocycles. The van der Waals surface area contributed by atoms with Gasteiger partial charge in [-0.15, -0.1) is 0 Å². The van der Waals surface area contributed by atoms with Crippen LogP contribution in [0, 0.1) is 0 Å². The zero-order valence-corrected chi connectivity index (χ0v) is 12.7. The van der Waals surface area contributed by atoms with Gasteiger partial charge in [0.25, 0.3) is 0 Å². The van der Waals surface area contributed by atoms with Gasteiger partial charge in [-0.25, -0.2) is 4.79 Å². The molecule has 0 atom stereocenters. The van der Waals surface area contributed by atoms with Gasteiger partial charge in [0, 0.05) is 30.4 Å². The third-order valence-corrected chi connectivity index (χ3v) is 4.76. The van der Waals surface area contributed by atoms with Crippen molar-refractivity contribution in [3.05, 3.63) is 29.5 Å². The van der Waals surface area contributed by atoms with E-state index in [1.165, 1.54) is 10.9 Å². The number of rotatable bonds is 2. The highest BCUT2D eigenvalue weighted by molar-refractivity contribution is 8.00. The highest BCUT2D eigenvalue weighted by Gasteiger charge is 2.22. The number of nitrogens with zero attached hydrogens (tertiary/aromatic N) is 2. The maximum Gasteiger partial charge on any atom is 0.335 e. The van der Waals surface area contributed by atoms with Crippen molar-refractivity contribution in [1.82, 2.24) is 4.57 Å². The van der Waals surface area contributed by atoms with Crippen molar-refractivity contribution in [1.29, 1.82) is 0 Å². The number of carboxylic acid groups (broad SMARTS) is 1. The van der Waals surface area contributed by atoms with E-state index in [-0.39, 0.29) is 0 Å². The Hall–Kier alpha value is -1.62. The highest BCUT2D eigenvalue weighted by atomic mass is 32.2. The minimum atomic E-state index is -0.871. The predicted molar refractivity (Wildman–Crippen MR) is 83.8 cm³/mol. The Balaban J connectivity index is 2.39. The number of carbonyl (C=O) groups is 1. The molecule has 0 amide bonds. The lowest BCUT2D eigenvalue weighted by atomic mass is 10.1. The van der Waals surface area contributed by atoms with Crippen LogP contribution in [0.1, 0.15) is 35.8 Å². The molecule has 20 heavy (non-hydrogen) atoms. The van der Waals surface area contributed by atoms with E-state index in [4.69, 9.17) is 0 Å². The molecular weight excluding hydrogens is 272 g/mol. The van der Waals surface area contributed by atoms with Crippen LogP contribution in [0.5, 0.6) is 0 Å². The van der Waals surface area contributed by atoms with Crippen molar-refractivity contribution in [3.63, 3.8) is 0 Å². The SMILES string of the molecule is CC(C)n1cc2c3c(cc(C(=O)O)cc31)N(C)SCC2. The summed E-state index contributed by atoms with van der Waals surface area (Å²) in [7, 11) is 2.01. The zero-order valence-electron chi connectivity index (χ0n) is 11.9. The van der Waals surface area contributed by atoms with Crippen molar-refractivity contribution in [3.8, 4) is 0 Å². The second-order valence-corrected chi connectivity index (χ2v) is 6.64. The summed E-state index contributed by atoms with van der Waals surface area (Å²) in [6.07, 6.45) is 3.20. The van der Waals surface area contributed by atoms with Gasteiger partial charge >= 0.3 is 5.97 Å². The number of hydrogen-bond donors (Lipinski definition) is 1. The molecule has 1 aromatic carbocycles. The first kappa shape index (κ1) is 13.4. The molecule has 4 nitrogen and oxygen atoms in total. The average molecular weight is 290 g/mol. The van der Waals surface area contributed by atoms with Gasteiger partial charge in [-0.05, 0) is 49.9 Å². The van der Waals surface area contributed by atoms with Crippen LogP contribution in [-0.4, -0.2) is 28.4 Å². The van der Waals surface area contributed by atoms with Crippen LogP contribution >= 0.6 is 11.9 Å². The summed E-state index contributed by atoms with van der Waals surface area (Å²) in [5, 5.41) is 10.5. The molecular formula is C15H18N2O2S. The van der Waals surface area contributed by atoms with E-state index < -0.39 is 5.97 Å². The van der Waals surface area contributed by atoms with E-state index in [1.54, 1.807) is 24.1 Å². The molecule has 2 aromatic rings. The maximum atomic E-state index is 11.4. The monoisotopic (exact) mass is 290 g/mol. The molecule has 3 rings (SSSR count). The summed E-state index contributed by atoms with van der Waals surface area (Å²) in [5.41, 5.74) is 3.71. The molecule has 0 unspecified atom stereocenters. The van der Waals surface area contributed by atoms with Crippen molar-refractivity contribution in [2.24, 2.45) is 0 Å². The molecule has 1 aliphatic rings. The number of aromatic nitrogens is 1. The van der Waals surface area contributed by atoms with Gasteiger partial charge in [-0.1, -0.05) is 0 Å². The molecule has 1 aromatic heterocycles. The second-order valence-electron chi connectivity index (χ2n) is 5.43. The van der Waals surface area contributed by atoms with E-state index in [0.29, 0.717) is 11.6 Å². The lowest BCUT2D eigenvalue weighted by Crippen LogP contribution is -2.09. The number of hydrogen-bond acceptors (Lipinski definition) is 3. The van der Waals surface area contributed by atoms with E-state index in [1.807, 2.05) is 7.05 Å². The lowest BCUT2D eigenvalue weighted by Gasteiger charge is -2.18. The molecule has 106 valence electrons. The Labute approximate surface area is 122 Å². The second kappa shape index (κ2) is 4.74. The summed E-state index contributed by atoms with van der Waals surface area (Å²) in [6.45, 7) is 4.25. The van der Waals surface area contributed by atoms with Gasteiger partial charge in [0.05, 0.1) is 16.8 Å². The van der Waals surface area contributed by atoms with Crippen molar-refractivity contribution >= 4 is 34.5 Å². The van der Waals surface area contributed by atoms with Crippen LogP contribution in [0.2, 0.25) is 0 Å². The smallest absolute Gasteiger partial charge is 0.335 e. The van der Waals surface area contributed by atoms with Gasteiger partial charge in [0.1, 0.15) is 0 Å². The minimum Gasteiger partial charge on any atom is -0.478 e. The van der Waals surface area contributed by atoms with Crippen molar-refractivity contribution in [2.75, 3.05) is 17.1 Å². The predicted octanol–water partition coefficient (Wildman–Crippen LogP) is 3.56. The Bertz CT molecular complexity index is 691. The molecule has 0 aliphatic carbocycles. The third kappa shape index (κ3) is 1.97. The Morgan fingerprint density at radius 3 is 2.80 bits per heavy atom. The number of carboxylic acids is 1. The molecule has 0 bridgehead atoms. The molecule has 2 heterocycles. The first-order valence-corrected chi connectivity index (χ1v) is 7.70. The van der Waals surface area contributed by atoms with Crippen LogP contribution in [0.15, 0.2) is 18.3 Å². The minimum absolute atomic E-state index is 0.320. The van der Waals surface area contributed by atoms with Crippen LogP contribution in [0.3, 0.4) is 0 Å². The fourth-order valence-electron chi connectivity index (χ4n) is 2.80. The molecule has 1 N–H and O–H groups in total. The number of anilines is 1. The normalized spacial score (nSPS) is 14.9. The Kier molecular flexibility index (Phi) is 3.17. The molecule has 0 spiro atoms. The molecule has 0 fully saturated rings. The molecule has 0 radical (unpaired) electrons. The number of aryl methyl sites for hydroxylation is 1. The Morgan fingerprint density at radius 2 is 2.15 bits per heavy atom. The van der Waals surface area contributed by atoms with Gasteiger partial charge < -0.3 is 14.0 Å². The summed E-state index contributed by atoms with van der Waals surface area (Å²) >= 11 is 1.74. The zero-order chi connectivity index (χ0) is 14.4. The standard InChI is InChI=1S/C15H18N2O2S/c1-9(2)17-8-10-4-5-20-16(3)12-6-11(15(18)19)7-13(17)14(10)12/h6-9H,4-5H2,1-3H3,(H,18,19). The summed E-state index contributed by atoms with van der Waals surface area (Å²) in [4.78, 5) is 11.4. The average Bonchev–Trinajstić information content (AvgIpc) is 2.68. The van der Waals surface area contributed by atoms with Gasteiger partial charge in [0.15, 0.2) is 0 Å². The van der Waals surface area contributed by atoms with Crippen LogP contribution in [0.4, 0.5) is 5.69 Å². The first-order chi connectivity index (χ1) is 9.49. The largest absolute Gasteiger partial charge is 0.478 e. The fourth-order valence-corrected chi connectivity index (χ4v) is 3.67. The molecule has 0 saturated heterocycles. The number of aromatic carboxylic acids is 1. The van der Waals surface area contributed by atoms with E-state index in [2.05, 4.69) is 28.9 Å². The van der Waals surface area contributed by atoms with E-state index in [9.17, 15) is 9.90 Å². The van der Waals surface area contributed by atoms with Crippen molar-refractivity contribution in [2.45, 2.75) is 26.3 Å². The molecule has 5 heteroatoms. The maximum absolute atomic E-state index is 11.4. The van der Waals surface area contributed by atoms with Crippen LogP contribution < -0.4 is 4.31 Å². The van der Waals surface area contributed by atoms with Gasteiger partial charge in [-0.2, -0.15) is 0 Å². The van der Waals surface area contributed by atoms with E-state index >= 15 is 0 Å². The lowest BCUT2D eigenvalue weighted by molar-refractivity contribution is 0.0697. The van der Waals surface area contributed by atoms with Gasteiger partial charge in [0.2, 0.25) is 0 Å². The van der Waals surface area contributed by atoms with Crippen LogP contribution in [0.25, 0.3) is 10.9 Å². The molecule has 1 aliphatic heterocycles. The fraction of sp³-hybridized carbons (Fsp3) is 0.400. The number of benzene rings is 1. The van der Waals surface area contributed by atoms with Gasteiger partial charge in [-0.3, -0.25) is 0 Å². The Morgan fingerprint density at radius 1 is 1.40 bits per heavy atom. The van der Waals surface area contributed by atoms with Crippen molar-refractivity contribution < 1.29 is 9.90 Å². The summed E-state index contributed by atoms with van der Waals surface area (Å²) < 4.78 is 4.28. The third-order valence-electron chi connectivity index (χ3n) is 3.79. The van der Waals surface area contributed by atoms with E-state index in [0.717, 1.165) is 23.4 Å². The highest BCUT2D eigenvalue weighted by Crippen LogP contribution is 2.39.